The third kappa shape index (κ3) is 2.68. The Hall–Kier alpha value is -1.04. The molecule has 0 heterocycles. The van der Waals surface area contributed by atoms with E-state index in [0.29, 0.717) is 5.92 Å². The third-order valence-corrected chi connectivity index (χ3v) is 4.78. The van der Waals surface area contributed by atoms with Gasteiger partial charge in [0, 0.05) is 6.04 Å². The van der Waals surface area contributed by atoms with Crippen LogP contribution in [0.15, 0.2) is 0 Å². The molecule has 1 amide bonds. The molecule has 1 N–H and O–H groups in total. The van der Waals surface area contributed by atoms with E-state index < -0.39 is 5.41 Å². The molecule has 2 atom stereocenters. The minimum absolute atomic E-state index is 0.00116. The zero-order chi connectivity index (χ0) is 13.0. The zero-order valence-electron chi connectivity index (χ0n) is 11.4. The van der Waals surface area contributed by atoms with Crippen molar-refractivity contribution in [2.75, 3.05) is 0 Å². The molecule has 0 bridgehead atoms. The lowest BCUT2D eigenvalue weighted by Crippen LogP contribution is -2.46. The van der Waals surface area contributed by atoms with Crippen molar-refractivity contribution in [1.29, 1.82) is 5.26 Å². The number of hydrogen-bond donors (Lipinski definition) is 1. The Kier molecular flexibility index (Phi) is 4.27. The van der Waals surface area contributed by atoms with Crippen LogP contribution in [0.5, 0.6) is 0 Å². The van der Waals surface area contributed by atoms with E-state index in [1.54, 1.807) is 0 Å². The van der Waals surface area contributed by atoms with E-state index in [1.165, 1.54) is 25.7 Å². The molecular formula is C15H24N2O. The van der Waals surface area contributed by atoms with E-state index in [9.17, 15) is 10.1 Å². The van der Waals surface area contributed by atoms with E-state index in [2.05, 4.69) is 18.3 Å². The summed E-state index contributed by atoms with van der Waals surface area (Å²) in [5.74, 6) is 0.551. The van der Waals surface area contributed by atoms with Gasteiger partial charge in [0.1, 0.15) is 5.41 Å². The van der Waals surface area contributed by atoms with Crippen molar-refractivity contribution in [3.05, 3.63) is 0 Å². The van der Waals surface area contributed by atoms with Gasteiger partial charge in [-0.25, -0.2) is 0 Å². The summed E-state index contributed by atoms with van der Waals surface area (Å²) in [4.78, 5) is 12.4. The fraction of sp³-hybridized carbons (Fsp3) is 0.867. The van der Waals surface area contributed by atoms with Gasteiger partial charge in [0.15, 0.2) is 0 Å². The minimum Gasteiger partial charge on any atom is -0.352 e. The predicted octanol–water partition coefficient (Wildman–Crippen LogP) is 3.16. The Balaban J connectivity index is 1.99. The highest BCUT2D eigenvalue weighted by molar-refractivity contribution is 5.86. The minimum atomic E-state index is -0.716. The highest BCUT2D eigenvalue weighted by Crippen LogP contribution is 2.38. The predicted molar refractivity (Wildman–Crippen MR) is 70.7 cm³/mol. The molecule has 0 spiro atoms. The first-order valence-corrected chi connectivity index (χ1v) is 7.40. The Labute approximate surface area is 110 Å². The second-order valence-electron chi connectivity index (χ2n) is 6.10. The van der Waals surface area contributed by atoms with Crippen LogP contribution < -0.4 is 5.32 Å². The third-order valence-electron chi connectivity index (χ3n) is 4.78. The molecule has 3 nitrogen and oxygen atoms in total. The summed E-state index contributed by atoms with van der Waals surface area (Å²) in [7, 11) is 0. The van der Waals surface area contributed by atoms with Crippen LogP contribution in [0.1, 0.15) is 64.7 Å². The summed E-state index contributed by atoms with van der Waals surface area (Å²) in [6.45, 7) is 2.23. The molecular weight excluding hydrogens is 224 g/mol. The molecule has 2 rings (SSSR count). The van der Waals surface area contributed by atoms with Gasteiger partial charge in [0.05, 0.1) is 6.07 Å². The van der Waals surface area contributed by atoms with Crippen molar-refractivity contribution in [3.63, 3.8) is 0 Å². The number of nitrogens with one attached hydrogen (secondary N) is 1. The van der Waals surface area contributed by atoms with Gasteiger partial charge in [-0.15, -0.1) is 0 Å². The van der Waals surface area contributed by atoms with Crippen LogP contribution in [0.2, 0.25) is 0 Å². The summed E-state index contributed by atoms with van der Waals surface area (Å²) in [5, 5.41) is 12.5. The molecule has 2 aliphatic carbocycles. The number of hydrogen-bond acceptors (Lipinski definition) is 2. The Bertz CT molecular complexity index is 339. The van der Waals surface area contributed by atoms with Crippen molar-refractivity contribution in [1.82, 2.24) is 5.32 Å². The first-order chi connectivity index (χ1) is 8.68. The Morgan fingerprint density at radius 2 is 1.83 bits per heavy atom. The molecule has 0 radical (unpaired) electrons. The van der Waals surface area contributed by atoms with E-state index in [-0.39, 0.29) is 11.9 Å². The molecule has 2 aliphatic rings. The summed E-state index contributed by atoms with van der Waals surface area (Å²) >= 11 is 0. The van der Waals surface area contributed by atoms with Gasteiger partial charge < -0.3 is 5.32 Å². The molecule has 0 aromatic heterocycles. The molecule has 0 aliphatic heterocycles. The van der Waals surface area contributed by atoms with Gasteiger partial charge in [0.25, 0.3) is 0 Å². The largest absolute Gasteiger partial charge is 0.352 e. The van der Waals surface area contributed by atoms with Gasteiger partial charge in [0.2, 0.25) is 5.91 Å². The second-order valence-corrected chi connectivity index (χ2v) is 6.10. The van der Waals surface area contributed by atoms with Crippen LogP contribution in [-0.4, -0.2) is 11.9 Å². The smallest absolute Gasteiger partial charge is 0.240 e. The molecule has 0 aromatic rings. The number of nitriles is 1. The highest BCUT2D eigenvalue weighted by atomic mass is 16.2. The fourth-order valence-corrected chi connectivity index (χ4v) is 3.38. The van der Waals surface area contributed by atoms with Crippen LogP contribution >= 0.6 is 0 Å². The number of amides is 1. The van der Waals surface area contributed by atoms with Crippen LogP contribution in [-0.2, 0) is 4.79 Å². The van der Waals surface area contributed by atoms with E-state index in [4.69, 9.17) is 0 Å². The second kappa shape index (κ2) is 5.73. The lowest BCUT2D eigenvalue weighted by molar-refractivity contribution is -0.129. The summed E-state index contributed by atoms with van der Waals surface area (Å²) in [6, 6.07) is 2.57. The summed E-state index contributed by atoms with van der Waals surface area (Å²) < 4.78 is 0. The first kappa shape index (κ1) is 13.4. The van der Waals surface area contributed by atoms with E-state index >= 15 is 0 Å². The molecule has 0 aromatic carbocycles. The normalized spacial score (nSPS) is 31.3. The molecule has 2 saturated carbocycles. The molecule has 2 unspecified atom stereocenters. The van der Waals surface area contributed by atoms with Crippen molar-refractivity contribution < 1.29 is 4.79 Å². The van der Waals surface area contributed by atoms with Gasteiger partial charge in [-0.1, -0.05) is 39.0 Å². The maximum Gasteiger partial charge on any atom is 0.240 e. The van der Waals surface area contributed by atoms with Crippen molar-refractivity contribution >= 4 is 5.91 Å². The molecule has 3 heteroatoms. The summed E-state index contributed by atoms with van der Waals surface area (Å²) in [5.41, 5.74) is -0.716. The number of carbonyl (C=O) groups is 1. The molecule has 18 heavy (non-hydrogen) atoms. The maximum atomic E-state index is 12.4. The topological polar surface area (TPSA) is 52.9 Å². The maximum absolute atomic E-state index is 12.4. The van der Waals surface area contributed by atoms with Crippen LogP contribution in [0.3, 0.4) is 0 Å². The van der Waals surface area contributed by atoms with Crippen molar-refractivity contribution in [2.24, 2.45) is 11.3 Å². The Morgan fingerprint density at radius 1 is 1.17 bits per heavy atom. The molecule has 2 fully saturated rings. The number of nitrogens with zero attached hydrogens (tertiary/aromatic N) is 1. The highest BCUT2D eigenvalue weighted by Gasteiger charge is 2.42. The Morgan fingerprint density at radius 3 is 2.50 bits per heavy atom. The number of rotatable bonds is 2. The van der Waals surface area contributed by atoms with Crippen molar-refractivity contribution in [3.8, 4) is 6.07 Å². The van der Waals surface area contributed by atoms with E-state index in [0.717, 1.165) is 32.1 Å². The molecule has 100 valence electrons. The monoisotopic (exact) mass is 248 g/mol. The lowest BCUT2D eigenvalue weighted by atomic mass is 9.86. The van der Waals surface area contributed by atoms with Gasteiger partial charge in [-0.3, -0.25) is 4.79 Å². The van der Waals surface area contributed by atoms with Crippen LogP contribution in [0.25, 0.3) is 0 Å². The average molecular weight is 248 g/mol. The summed E-state index contributed by atoms with van der Waals surface area (Å²) in [6.07, 6.45) is 9.56. The van der Waals surface area contributed by atoms with Crippen LogP contribution in [0, 0.1) is 22.7 Å². The van der Waals surface area contributed by atoms with Gasteiger partial charge in [-0.05, 0) is 31.6 Å². The van der Waals surface area contributed by atoms with Gasteiger partial charge in [-0.2, -0.15) is 5.26 Å². The first-order valence-electron chi connectivity index (χ1n) is 7.40. The van der Waals surface area contributed by atoms with E-state index in [1.807, 2.05) is 0 Å². The zero-order valence-corrected chi connectivity index (χ0v) is 11.4. The molecule has 0 saturated heterocycles. The lowest BCUT2D eigenvalue weighted by Gasteiger charge is -2.27. The quantitative estimate of drug-likeness (QED) is 0.763. The van der Waals surface area contributed by atoms with Crippen molar-refractivity contribution in [2.45, 2.75) is 70.8 Å². The number of carbonyl (C=O) groups excluding carboxylic acids is 1. The van der Waals surface area contributed by atoms with Gasteiger partial charge >= 0.3 is 0 Å². The fourth-order valence-electron chi connectivity index (χ4n) is 3.38. The SMILES string of the molecule is CC1CCCCCC1NC(=O)C1(C#N)CCCC1. The standard InChI is InChI=1S/C15H24N2O/c1-12-7-3-2-4-8-13(12)17-14(18)15(11-16)9-5-6-10-15/h12-13H,2-10H2,1H3,(H,17,18). The van der Waals surface area contributed by atoms with Crippen LogP contribution in [0.4, 0.5) is 0 Å². The average Bonchev–Trinajstić information content (AvgIpc) is 2.78.